The molecule has 0 atom stereocenters. The molecule has 148 valence electrons. The number of anilines is 1. The van der Waals surface area contributed by atoms with Crippen LogP contribution in [0.4, 0.5) is 5.69 Å². The average Bonchev–Trinajstić information content (AvgIpc) is 2.98. The first-order valence-corrected chi connectivity index (χ1v) is 11.1. The molecule has 0 bridgehead atoms. The Bertz CT molecular complexity index is 1100. The van der Waals surface area contributed by atoms with E-state index in [1.54, 1.807) is 22.7 Å². The Morgan fingerprint density at radius 1 is 1.03 bits per heavy atom. The van der Waals surface area contributed by atoms with Gasteiger partial charge in [0.05, 0.1) is 15.7 Å². The molecular weight excluding hydrogens is 427 g/mol. The molecular formula is C22H18Cl2N2O2S. The van der Waals surface area contributed by atoms with Crippen molar-refractivity contribution in [2.75, 3.05) is 23.7 Å². The van der Waals surface area contributed by atoms with Crippen LogP contribution in [-0.2, 0) is 10.5 Å². The number of rotatable bonds is 7. The average molecular weight is 445 g/mol. The number of nitrogens with one attached hydrogen (secondary N) is 1. The highest BCUT2D eigenvalue weighted by Gasteiger charge is 2.30. The van der Waals surface area contributed by atoms with Crippen molar-refractivity contribution < 1.29 is 9.59 Å². The zero-order valence-electron chi connectivity index (χ0n) is 15.5. The standard InChI is InChI=1S/C22H18Cl2N2O2S/c23-17-8-7-14(11-18(17)24)13-29-10-9-25-20(27)12-26-19-6-2-4-15-3-1-5-16(21(15)19)22(26)28/h1-8,11H,9-10,12-13H2,(H,25,27). The molecule has 4 nitrogen and oxygen atoms in total. The zero-order chi connectivity index (χ0) is 20.4. The number of hydrogen-bond donors (Lipinski definition) is 1. The molecule has 1 N–H and O–H groups in total. The van der Waals surface area contributed by atoms with Crippen LogP contribution >= 0.6 is 35.0 Å². The fraction of sp³-hybridized carbons (Fsp3) is 0.182. The van der Waals surface area contributed by atoms with Gasteiger partial charge in [0.25, 0.3) is 5.91 Å². The highest BCUT2D eigenvalue weighted by molar-refractivity contribution is 7.98. The number of benzene rings is 3. The maximum absolute atomic E-state index is 12.7. The normalized spacial score (nSPS) is 12.6. The molecule has 7 heteroatoms. The Hall–Kier alpha value is -2.21. The molecule has 0 fully saturated rings. The summed E-state index contributed by atoms with van der Waals surface area (Å²) in [5.74, 6) is 1.25. The van der Waals surface area contributed by atoms with Crippen molar-refractivity contribution in [3.63, 3.8) is 0 Å². The Labute approximate surface area is 183 Å². The van der Waals surface area contributed by atoms with E-state index in [4.69, 9.17) is 23.2 Å². The van der Waals surface area contributed by atoms with Gasteiger partial charge in [-0.25, -0.2) is 0 Å². The predicted molar refractivity (Wildman–Crippen MR) is 121 cm³/mol. The summed E-state index contributed by atoms with van der Waals surface area (Å²) >= 11 is 13.6. The fourth-order valence-electron chi connectivity index (χ4n) is 3.42. The monoisotopic (exact) mass is 444 g/mol. The Morgan fingerprint density at radius 2 is 1.83 bits per heavy atom. The van der Waals surface area contributed by atoms with Crippen LogP contribution in [0.3, 0.4) is 0 Å². The lowest BCUT2D eigenvalue weighted by Gasteiger charge is -2.17. The van der Waals surface area contributed by atoms with Gasteiger partial charge in [-0.3, -0.25) is 14.5 Å². The molecule has 0 spiro atoms. The summed E-state index contributed by atoms with van der Waals surface area (Å²) in [5.41, 5.74) is 2.54. The summed E-state index contributed by atoms with van der Waals surface area (Å²) in [5, 5.41) is 5.91. The first kappa shape index (κ1) is 20.1. The van der Waals surface area contributed by atoms with Gasteiger partial charge in [-0.1, -0.05) is 53.5 Å². The van der Waals surface area contributed by atoms with Crippen LogP contribution in [0.5, 0.6) is 0 Å². The Morgan fingerprint density at radius 3 is 2.62 bits per heavy atom. The fourth-order valence-corrected chi connectivity index (χ4v) is 4.54. The summed E-state index contributed by atoms with van der Waals surface area (Å²) in [6, 6.07) is 17.0. The van der Waals surface area contributed by atoms with Crippen LogP contribution in [0, 0.1) is 0 Å². The van der Waals surface area contributed by atoms with E-state index in [2.05, 4.69) is 5.32 Å². The van der Waals surface area contributed by atoms with Gasteiger partial charge in [-0.15, -0.1) is 0 Å². The number of thioether (sulfide) groups is 1. The second kappa shape index (κ2) is 8.66. The molecule has 1 heterocycles. The molecule has 0 radical (unpaired) electrons. The van der Waals surface area contributed by atoms with Crippen molar-refractivity contribution in [1.82, 2.24) is 5.32 Å². The van der Waals surface area contributed by atoms with E-state index >= 15 is 0 Å². The topological polar surface area (TPSA) is 49.4 Å². The lowest BCUT2D eigenvalue weighted by molar-refractivity contribution is -0.119. The molecule has 2 amide bonds. The van der Waals surface area contributed by atoms with Crippen LogP contribution in [-0.4, -0.2) is 30.7 Å². The molecule has 0 aliphatic carbocycles. The van der Waals surface area contributed by atoms with E-state index in [1.807, 2.05) is 48.5 Å². The second-order valence-electron chi connectivity index (χ2n) is 6.72. The SMILES string of the molecule is O=C(CN1C(=O)c2cccc3cccc1c23)NCCSCc1ccc(Cl)c(Cl)c1. The van der Waals surface area contributed by atoms with E-state index in [0.717, 1.165) is 33.5 Å². The van der Waals surface area contributed by atoms with E-state index in [9.17, 15) is 9.59 Å². The van der Waals surface area contributed by atoms with Crippen LogP contribution in [0.25, 0.3) is 10.8 Å². The lowest BCUT2D eigenvalue weighted by Crippen LogP contribution is -2.39. The predicted octanol–water partition coefficient (Wildman–Crippen LogP) is 5.16. The van der Waals surface area contributed by atoms with E-state index in [-0.39, 0.29) is 18.4 Å². The number of hydrogen-bond acceptors (Lipinski definition) is 3. The maximum Gasteiger partial charge on any atom is 0.259 e. The van der Waals surface area contributed by atoms with Gasteiger partial charge in [-0.05, 0) is 35.2 Å². The third-order valence-electron chi connectivity index (χ3n) is 4.77. The Balaban J connectivity index is 1.28. The van der Waals surface area contributed by atoms with E-state index < -0.39 is 0 Å². The second-order valence-corrected chi connectivity index (χ2v) is 8.64. The first-order valence-electron chi connectivity index (χ1n) is 9.16. The highest BCUT2D eigenvalue weighted by Crippen LogP contribution is 2.36. The summed E-state index contributed by atoms with van der Waals surface area (Å²) in [7, 11) is 0. The van der Waals surface area contributed by atoms with Gasteiger partial charge < -0.3 is 5.32 Å². The molecule has 0 saturated heterocycles. The van der Waals surface area contributed by atoms with Gasteiger partial charge >= 0.3 is 0 Å². The van der Waals surface area contributed by atoms with Gasteiger partial charge in [0.1, 0.15) is 6.54 Å². The number of nitrogens with zero attached hydrogens (tertiary/aromatic N) is 1. The minimum atomic E-state index is -0.168. The summed E-state index contributed by atoms with van der Waals surface area (Å²) in [6.07, 6.45) is 0. The summed E-state index contributed by atoms with van der Waals surface area (Å²) in [4.78, 5) is 26.7. The number of carbonyl (C=O) groups excluding carboxylic acids is 2. The van der Waals surface area contributed by atoms with Gasteiger partial charge in [0, 0.05) is 29.0 Å². The smallest absolute Gasteiger partial charge is 0.259 e. The molecule has 1 aliphatic heterocycles. The van der Waals surface area contributed by atoms with E-state index in [1.165, 1.54) is 0 Å². The largest absolute Gasteiger partial charge is 0.354 e. The zero-order valence-corrected chi connectivity index (χ0v) is 17.8. The minimum absolute atomic E-state index is 0.0179. The van der Waals surface area contributed by atoms with Crippen molar-refractivity contribution in [3.05, 3.63) is 75.8 Å². The van der Waals surface area contributed by atoms with Crippen molar-refractivity contribution in [1.29, 1.82) is 0 Å². The minimum Gasteiger partial charge on any atom is -0.354 e. The number of halogens is 2. The third-order valence-corrected chi connectivity index (χ3v) is 6.54. The molecule has 4 rings (SSSR count). The molecule has 0 saturated carbocycles. The molecule has 0 aromatic heterocycles. The van der Waals surface area contributed by atoms with Gasteiger partial charge in [0.2, 0.25) is 5.91 Å². The summed E-state index contributed by atoms with van der Waals surface area (Å²) in [6.45, 7) is 0.550. The molecule has 0 unspecified atom stereocenters. The molecule has 29 heavy (non-hydrogen) atoms. The molecule has 3 aromatic carbocycles. The first-order chi connectivity index (χ1) is 14.0. The van der Waals surface area contributed by atoms with Gasteiger partial charge in [-0.2, -0.15) is 11.8 Å². The van der Waals surface area contributed by atoms with Crippen LogP contribution in [0.15, 0.2) is 54.6 Å². The van der Waals surface area contributed by atoms with E-state index in [0.29, 0.717) is 22.2 Å². The third kappa shape index (κ3) is 4.22. The van der Waals surface area contributed by atoms with Crippen molar-refractivity contribution >= 4 is 63.2 Å². The Kier molecular flexibility index (Phi) is 5.99. The van der Waals surface area contributed by atoms with Crippen LogP contribution < -0.4 is 10.2 Å². The summed E-state index contributed by atoms with van der Waals surface area (Å²) < 4.78 is 0. The van der Waals surface area contributed by atoms with Crippen LogP contribution in [0.1, 0.15) is 15.9 Å². The number of amides is 2. The number of carbonyl (C=O) groups is 2. The van der Waals surface area contributed by atoms with Crippen molar-refractivity contribution in [3.8, 4) is 0 Å². The van der Waals surface area contributed by atoms with Crippen molar-refractivity contribution in [2.24, 2.45) is 0 Å². The maximum atomic E-state index is 12.7. The molecule has 1 aliphatic rings. The quantitative estimate of drug-likeness (QED) is 0.512. The molecule has 3 aromatic rings. The highest BCUT2D eigenvalue weighted by atomic mass is 35.5. The van der Waals surface area contributed by atoms with Crippen molar-refractivity contribution in [2.45, 2.75) is 5.75 Å². The van der Waals surface area contributed by atoms with Crippen LogP contribution in [0.2, 0.25) is 10.0 Å². The lowest BCUT2D eigenvalue weighted by atomic mass is 10.1. The van der Waals surface area contributed by atoms with Gasteiger partial charge in [0.15, 0.2) is 0 Å².